The number of likely N-dealkylation sites (tertiary alicyclic amines) is 1. The lowest BCUT2D eigenvalue weighted by Gasteiger charge is -2.38. The number of thioether (sulfide) groups is 1. The fourth-order valence-electron chi connectivity index (χ4n) is 3.82. The number of rotatable bonds is 5. The Labute approximate surface area is 174 Å². The average Bonchev–Trinajstić information content (AvgIpc) is 3.10. The first kappa shape index (κ1) is 20.0. The number of benzene rings is 2. The molecule has 2 aromatic carbocycles. The van der Waals surface area contributed by atoms with E-state index in [1.54, 1.807) is 24.0 Å². The summed E-state index contributed by atoms with van der Waals surface area (Å²) in [7, 11) is 0. The molecular formula is C23H25FN2O2S. The van der Waals surface area contributed by atoms with Crippen molar-refractivity contribution >= 4 is 28.6 Å². The standard InChI is InChI=1S/C23H25FN2O2S/c1-16-4-2-3-5-21(16)29-15-23(28)8-10-26(11-9-23)22(27)12-17-14-25-20-7-6-18(24)13-19(17)20/h2-7,13-14,25,28H,8-12,15H2,1H3. The normalized spacial score (nSPS) is 16.3. The van der Waals surface area contributed by atoms with Gasteiger partial charge < -0.3 is 15.0 Å². The second kappa shape index (κ2) is 8.20. The Hall–Kier alpha value is -2.31. The van der Waals surface area contributed by atoms with Crippen LogP contribution in [0, 0.1) is 12.7 Å². The Balaban J connectivity index is 1.34. The van der Waals surface area contributed by atoms with Crippen LogP contribution in [-0.4, -0.2) is 45.3 Å². The first-order chi connectivity index (χ1) is 13.9. The van der Waals surface area contributed by atoms with Crippen molar-refractivity contribution < 1.29 is 14.3 Å². The van der Waals surface area contributed by atoms with E-state index in [2.05, 4.69) is 24.0 Å². The molecule has 2 heterocycles. The molecule has 2 N–H and O–H groups in total. The zero-order valence-electron chi connectivity index (χ0n) is 16.5. The van der Waals surface area contributed by atoms with Crippen LogP contribution in [0.25, 0.3) is 10.9 Å². The zero-order chi connectivity index (χ0) is 20.4. The van der Waals surface area contributed by atoms with E-state index in [-0.39, 0.29) is 18.1 Å². The van der Waals surface area contributed by atoms with Crippen molar-refractivity contribution in [2.75, 3.05) is 18.8 Å². The maximum absolute atomic E-state index is 13.6. The summed E-state index contributed by atoms with van der Waals surface area (Å²) in [5.74, 6) is 0.338. The van der Waals surface area contributed by atoms with Crippen LogP contribution < -0.4 is 0 Å². The largest absolute Gasteiger partial charge is 0.389 e. The topological polar surface area (TPSA) is 56.3 Å². The first-order valence-electron chi connectivity index (χ1n) is 9.88. The SMILES string of the molecule is Cc1ccccc1SCC1(O)CCN(C(=O)Cc2c[nH]c3ccc(F)cc23)CC1. The monoisotopic (exact) mass is 412 g/mol. The number of hydrogen-bond acceptors (Lipinski definition) is 3. The molecule has 152 valence electrons. The first-order valence-corrected chi connectivity index (χ1v) is 10.9. The highest BCUT2D eigenvalue weighted by molar-refractivity contribution is 7.99. The molecule has 4 rings (SSSR count). The minimum atomic E-state index is -0.756. The van der Waals surface area contributed by atoms with Crippen molar-refractivity contribution in [3.8, 4) is 0 Å². The van der Waals surface area contributed by atoms with Gasteiger partial charge in [0.25, 0.3) is 0 Å². The van der Waals surface area contributed by atoms with Gasteiger partial charge in [-0.15, -0.1) is 11.8 Å². The van der Waals surface area contributed by atoms with Crippen molar-refractivity contribution in [3.63, 3.8) is 0 Å². The molecule has 1 aromatic heterocycles. The summed E-state index contributed by atoms with van der Waals surface area (Å²) in [6.07, 6.45) is 3.15. The summed E-state index contributed by atoms with van der Waals surface area (Å²) >= 11 is 1.68. The summed E-state index contributed by atoms with van der Waals surface area (Å²) in [6.45, 7) is 3.16. The summed E-state index contributed by atoms with van der Waals surface area (Å²) in [6, 6.07) is 12.7. The molecule has 4 nitrogen and oxygen atoms in total. The van der Waals surface area contributed by atoms with E-state index in [0.29, 0.717) is 31.7 Å². The van der Waals surface area contributed by atoms with Crippen LogP contribution in [0.1, 0.15) is 24.0 Å². The van der Waals surface area contributed by atoms with Gasteiger partial charge >= 0.3 is 0 Å². The number of aromatic nitrogens is 1. The molecule has 0 bridgehead atoms. The van der Waals surface area contributed by atoms with Crippen molar-refractivity contribution in [1.29, 1.82) is 0 Å². The summed E-state index contributed by atoms with van der Waals surface area (Å²) in [5.41, 5.74) is 2.09. The highest BCUT2D eigenvalue weighted by atomic mass is 32.2. The van der Waals surface area contributed by atoms with Gasteiger partial charge in [-0.1, -0.05) is 18.2 Å². The number of aliphatic hydroxyl groups is 1. The number of aryl methyl sites for hydroxylation is 1. The Kier molecular flexibility index (Phi) is 5.65. The summed E-state index contributed by atoms with van der Waals surface area (Å²) < 4.78 is 13.6. The minimum Gasteiger partial charge on any atom is -0.389 e. The molecule has 1 aliphatic heterocycles. The van der Waals surface area contributed by atoms with Gasteiger partial charge in [-0.05, 0) is 55.2 Å². The van der Waals surface area contributed by atoms with Crippen LogP contribution in [0.4, 0.5) is 4.39 Å². The molecule has 0 atom stereocenters. The number of H-pyrrole nitrogens is 1. The molecule has 1 saturated heterocycles. The molecule has 0 unspecified atom stereocenters. The second-order valence-corrected chi connectivity index (χ2v) is 8.86. The van der Waals surface area contributed by atoms with Gasteiger partial charge in [0.1, 0.15) is 5.82 Å². The van der Waals surface area contributed by atoms with E-state index in [9.17, 15) is 14.3 Å². The van der Waals surface area contributed by atoms with Gasteiger partial charge in [-0.2, -0.15) is 0 Å². The summed E-state index contributed by atoms with van der Waals surface area (Å²) in [4.78, 5) is 18.9. The maximum Gasteiger partial charge on any atom is 0.227 e. The number of amides is 1. The van der Waals surface area contributed by atoms with E-state index in [4.69, 9.17) is 0 Å². The van der Waals surface area contributed by atoms with Gasteiger partial charge in [0, 0.05) is 40.8 Å². The lowest BCUT2D eigenvalue weighted by Crippen LogP contribution is -2.48. The number of nitrogens with zero attached hydrogens (tertiary/aromatic N) is 1. The second-order valence-electron chi connectivity index (χ2n) is 7.84. The number of piperidine rings is 1. The molecule has 29 heavy (non-hydrogen) atoms. The molecule has 0 spiro atoms. The number of hydrogen-bond donors (Lipinski definition) is 2. The van der Waals surface area contributed by atoms with Crippen LogP contribution in [0.5, 0.6) is 0 Å². The lowest BCUT2D eigenvalue weighted by atomic mass is 9.93. The van der Waals surface area contributed by atoms with Gasteiger partial charge in [0.2, 0.25) is 5.91 Å². The maximum atomic E-state index is 13.6. The van der Waals surface area contributed by atoms with E-state index in [1.165, 1.54) is 22.6 Å². The molecular weight excluding hydrogens is 387 g/mol. The lowest BCUT2D eigenvalue weighted by molar-refractivity contribution is -0.134. The highest BCUT2D eigenvalue weighted by Gasteiger charge is 2.34. The molecule has 1 aliphatic rings. The third-order valence-corrected chi connectivity index (χ3v) is 7.16. The van der Waals surface area contributed by atoms with Gasteiger partial charge in [-0.3, -0.25) is 4.79 Å². The number of fused-ring (bicyclic) bond motifs is 1. The number of carbonyl (C=O) groups is 1. The fraction of sp³-hybridized carbons (Fsp3) is 0.348. The Morgan fingerprint density at radius 2 is 2.00 bits per heavy atom. The fourth-order valence-corrected chi connectivity index (χ4v) is 5.00. The molecule has 0 aliphatic carbocycles. The van der Waals surface area contributed by atoms with Gasteiger partial charge in [-0.25, -0.2) is 4.39 Å². The summed E-state index contributed by atoms with van der Waals surface area (Å²) in [5, 5.41) is 11.7. The highest BCUT2D eigenvalue weighted by Crippen LogP contribution is 2.31. The van der Waals surface area contributed by atoms with Crippen molar-refractivity contribution in [2.45, 2.75) is 36.7 Å². The van der Waals surface area contributed by atoms with Gasteiger partial charge in [0.05, 0.1) is 12.0 Å². The number of aromatic amines is 1. The van der Waals surface area contributed by atoms with E-state index < -0.39 is 5.60 Å². The van der Waals surface area contributed by atoms with Crippen molar-refractivity contribution in [1.82, 2.24) is 9.88 Å². The number of carbonyl (C=O) groups excluding carboxylic acids is 1. The predicted octanol–water partition coefficient (Wildman–Crippen LogP) is 4.30. The van der Waals surface area contributed by atoms with Crippen LogP contribution in [-0.2, 0) is 11.2 Å². The number of nitrogens with one attached hydrogen (secondary N) is 1. The Bertz CT molecular complexity index is 1020. The molecule has 1 fully saturated rings. The van der Waals surface area contributed by atoms with Crippen molar-refractivity contribution in [2.24, 2.45) is 0 Å². The molecule has 0 saturated carbocycles. The molecule has 1 amide bonds. The van der Waals surface area contributed by atoms with E-state index in [1.807, 2.05) is 17.0 Å². The van der Waals surface area contributed by atoms with E-state index >= 15 is 0 Å². The quantitative estimate of drug-likeness (QED) is 0.614. The number of halogens is 1. The smallest absolute Gasteiger partial charge is 0.227 e. The molecule has 3 aromatic rings. The Morgan fingerprint density at radius 1 is 1.24 bits per heavy atom. The third-order valence-electron chi connectivity index (χ3n) is 5.71. The van der Waals surface area contributed by atoms with Crippen LogP contribution in [0.3, 0.4) is 0 Å². The van der Waals surface area contributed by atoms with Crippen LogP contribution in [0.15, 0.2) is 53.6 Å². The minimum absolute atomic E-state index is 0.0174. The van der Waals surface area contributed by atoms with Crippen LogP contribution >= 0.6 is 11.8 Å². The Morgan fingerprint density at radius 3 is 2.76 bits per heavy atom. The average molecular weight is 413 g/mol. The zero-order valence-corrected chi connectivity index (χ0v) is 17.3. The van der Waals surface area contributed by atoms with Crippen LogP contribution in [0.2, 0.25) is 0 Å². The van der Waals surface area contributed by atoms with Crippen molar-refractivity contribution in [3.05, 3.63) is 65.6 Å². The van der Waals surface area contributed by atoms with E-state index in [0.717, 1.165) is 16.5 Å². The van der Waals surface area contributed by atoms with Gasteiger partial charge in [0.15, 0.2) is 0 Å². The predicted molar refractivity (Wildman–Crippen MR) is 115 cm³/mol. The molecule has 6 heteroatoms. The molecule has 0 radical (unpaired) electrons. The third kappa shape index (κ3) is 4.49.